The van der Waals surface area contributed by atoms with E-state index in [1.54, 1.807) is 30.0 Å². The highest BCUT2D eigenvalue weighted by molar-refractivity contribution is 5.92. The number of hydrogen-bond acceptors (Lipinski definition) is 3. The van der Waals surface area contributed by atoms with Crippen LogP contribution in [0.3, 0.4) is 0 Å². The van der Waals surface area contributed by atoms with Crippen LogP contribution in [0.25, 0.3) is 0 Å². The SMILES string of the molecule is CC(NC(=O)C1CCCN(C(=O)c2ccco2)C1)c1cccc(C(F)(F)F)c1. The molecule has 2 heterocycles. The topological polar surface area (TPSA) is 62.6 Å². The first-order valence-electron chi connectivity index (χ1n) is 9.06. The molecule has 0 radical (unpaired) electrons. The fourth-order valence-corrected chi connectivity index (χ4v) is 3.33. The van der Waals surface area contributed by atoms with Gasteiger partial charge in [0.15, 0.2) is 5.76 Å². The van der Waals surface area contributed by atoms with Gasteiger partial charge in [-0.1, -0.05) is 12.1 Å². The molecule has 1 fully saturated rings. The number of likely N-dealkylation sites (tertiary alicyclic amines) is 1. The van der Waals surface area contributed by atoms with Gasteiger partial charge in [0.1, 0.15) is 0 Å². The number of carbonyl (C=O) groups is 2. The third-order valence-electron chi connectivity index (χ3n) is 4.88. The van der Waals surface area contributed by atoms with Crippen molar-refractivity contribution in [2.45, 2.75) is 32.0 Å². The van der Waals surface area contributed by atoms with Crippen LogP contribution in [0.2, 0.25) is 0 Å². The number of amides is 2. The molecule has 28 heavy (non-hydrogen) atoms. The van der Waals surface area contributed by atoms with Gasteiger partial charge in [-0.2, -0.15) is 13.2 Å². The minimum atomic E-state index is -4.43. The molecule has 1 aromatic heterocycles. The molecule has 2 aromatic rings. The molecule has 1 saturated heterocycles. The molecule has 8 heteroatoms. The van der Waals surface area contributed by atoms with E-state index in [0.717, 1.165) is 12.1 Å². The molecular formula is C20H21F3N2O3. The van der Waals surface area contributed by atoms with Crippen molar-refractivity contribution in [2.75, 3.05) is 13.1 Å². The second kappa shape index (κ2) is 8.08. The van der Waals surface area contributed by atoms with E-state index < -0.39 is 23.7 Å². The van der Waals surface area contributed by atoms with Crippen molar-refractivity contribution in [2.24, 2.45) is 5.92 Å². The third-order valence-corrected chi connectivity index (χ3v) is 4.88. The van der Waals surface area contributed by atoms with Crippen LogP contribution in [0.5, 0.6) is 0 Å². The van der Waals surface area contributed by atoms with Gasteiger partial charge in [0, 0.05) is 13.1 Å². The highest BCUT2D eigenvalue weighted by atomic mass is 19.4. The van der Waals surface area contributed by atoms with Gasteiger partial charge in [0.2, 0.25) is 5.91 Å². The van der Waals surface area contributed by atoms with Gasteiger partial charge in [-0.3, -0.25) is 9.59 Å². The van der Waals surface area contributed by atoms with E-state index in [9.17, 15) is 22.8 Å². The first-order valence-corrected chi connectivity index (χ1v) is 9.06. The molecular weight excluding hydrogens is 373 g/mol. The van der Waals surface area contributed by atoms with Crippen molar-refractivity contribution in [3.63, 3.8) is 0 Å². The minimum Gasteiger partial charge on any atom is -0.459 e. The number of furan rings is 1. The van der Waals surface area contributed by atoms with E-state index in [4.69, 9.17) is 4.42 Å². The normalized spacial score (nSPS) is 18.6. The summed E-state index contributed by atoms with van der Waals surface area (Å²) >= 11 is 0. The zero-order valence-electron chi connectivity index (χ0n) is 15.3. The Bertz CT molecular complexity index is 833. The minimum absolute atomic E-state index is 0.221. The maximum absolute atomic E-state index is 12.9. The Morgan fingerprint density at radius 2 is 2.04 bits per heavy atom. The van der Waals surface area contributed by atoms with Crippen molar-refractivity contribution in [3.8, 4) is 0 Å². The third kappa shape index (κ3) is 4.55. The van der Waals surface area contributed by atoms with Crippen molar-refractivity contribution >= 4 is 11.8 Å². The van der Waals surface area contributed by atoms with Crippen molar-refractivity contribution < 1.29 is 27.2 Å². The number of carbonyl (C=O) groups excluding carboxylic acids is 2. The van der Waals surface area contributed by atoms with E-state index in [1.165, 1.54) is 12.3 Å². The van der Waals surface area contributed by atoms with E-state index in [1.807, 2.05) is 0 Å². The summed E-state index contributed by atoms with van der Waals surface area (Å²) in [5.41, 5.74) is -0.374. The highest BCUT2D eigenvalue weighted by Crippen LogP contribution is 2.31. The lowest BCUT2D eigenvalue weighted by Crippen LogP contribution is -2.45. The fraction of sp³-hybridized carbons (Fsp3) is 0.400. The van der Waals surface area contributed by atoms with E-state index >= 15 is 0 Å². The largest absolute Gasteiger partial charge is 0.459 e. The van der Waals surface area contributed by atoms with Gasteiger partial charge < -0.3 is 14.6 Å². The standard InChI is InChI=1S/C20H21F3N2O3/c1-13(14-5-2-7-16(11-14)20(21,22)23)24-18(26)15-6-3-9-25(12-15)19(27)17-8-4-10-28-17/h2,4-5,7-8,10-11,13,15H,3,6,9,12H2,1H3,(H,24,26). The van der Waals surface area contributed by atoms with Crippen molar-refractivity contribution in [3.05, 3.63) is 59.5 Å². The second-order valence-electron chi connectivity index (χ2n) is 6.92. The van der Waals surface area contributed by atoms with Gasteiger partial charge in [-0.25, -0.2) is 0 Å². The Hall–Kier alpha value is -2.77. The van der Waals surface area contributed by atoms with Crippen LogP contribution in [0.15, 0.2) is 47.1 Å². The second-order valence-corrected chi connectivity index (χ2v) is 6.92. The number of nitrogens with zero attached hydrogens (tertiary/aromatic N) is 1. The van der Waals surface area contributed by atoms with Crippen LogP contribution in [-0.2, 0) is 11.0 Å². The smallest absolute Gasteiger partial charge is 0.416 e. The summed E-state index contributed by atoms with van der Waals surface area (Å²) in [5, 5.41) is 2.77. The lowest BCUT2D eigenvalue weighted by molar-refractivity contribution is -0.137. The van der Waals surface area contributed by atoms with Crippen LogP contribution in [0.1, 0.15) is 47.5 Å². The van der Waals surface area contributed by atoms with E-state index in [2.05, 4.69) is 5.32 Å². The first kappa shape index (κ1) is 20.0. The van der Waals surface area contributed by atoms with Gasteiger partial charge in [0.05, 0.1) is 23.8 Å². The molecule has 1 N–H and O–H groups in total. The number of rotatable bonds is 4. The average Bonchev–Trinajstić information content (AvgIpc) is 3.21. The predicted octanol–water partition coefficient (Wildman–Crippen LogP) is 4.03. The average molecular weight is 394 g/mol. The Kier molecular flexibility index (Phi) is 5.76. The summed E-state index contributed by atoms with van der Waals surface area (Å²) in [6.45, 7) is 2.43. The summed E-state index contributed by atoms with van der Waals surface area (Å²) in [4.78, 5) is 26.6. The lowest BCUT2D eigenvalue weighted by atomic mass is 9.96. The van der Waals surface area contributed by atoms with E-state index in [0.29, 0.717) is 24.9 Å². The Morgan fingerprint density at radius 3 is 2.71 bits per heavy atom. The molecule has 2 atom stereocenters. The quantitative estimate of drug-likeness (QED) is 0.852. The fourth-order valence-electron chi connectivity index (χ4n) is 3.33. The van der Waals surface area contributed by atoms with Crippen LogP contribution in [-0.4, -0.2) is 29.8 Å². The van der Waals surface area contributed by atoms with E-state index in [-0.39, 0.29) is 24.1 Å². The molecule has 0 saturated carbocycles. The van der Waals surface area contributed by atoms with Crippen LogP contribution in [0, 0.1) is 5.92 Å². The van der Waals surface area contributed by atoms with Gasteiger partial charge in [0.25, 0.3) is 5.91 Å². The molecule has 1 aliphatic rings. The molecule has 1 aliphatic heterocycles. The summed E-state index contributed by atoms with van der Waals surface area (Å²) in [7, 11) is 0. The Morgan fingerprint density at radius 1 is 1.25 bits per heavy atom. The van der Waals surface area contributed by atoms with Crippen molar-refractivity contribution in [1.29, 1.82) is 0 Å². The molecule has 1 aromatic carbocycles. The number of nitrogens with one attached hydrogen (secondary N) is 1. The Balaban J connectivity index is 1.63. The highest BCUT2D eigenvalue weighted by Gasteiger charge is 2.32. The zero-order valence-corrected chi connectivity index (χ0v) is 15.3. The number of halogens is 3. The van der Waals surface area contributed by atoms with Crippen LogP contribution in [0.4, 0.5) is 13.2 Å². The number of piperidine rings is 1. The molecule has 5 nitrogen and oxygen atoms in total. The lowest BCUT2D eigenvalue weighted by Gasteiger charge is -2.32. The summed E-state index contributed by atoms with van der Waals surface area (Å²) in [5.74, 6) is -0.741. The maximum atomic E-state index is 12.9. The molecule has 0 spiro atoms. The summed E-state index contributed by atoms with van der Waals surface area (Å²) < 4.78 is 43.8. The first-order chi connectivity index (χ1) is 13.3. The molecule has 2 amide bonds. The number of alkyl halides is 3. The summed E-state index contributed by atoms with van der Waals surface area (Å²) in [6, 6.07) is 7.53. The maximum Gasteiger partial charge on any atom is 0.416 e. The molecule has 3 rings (SSSR count). The van der Waals surface area contributed by atoms with Gasteiger partial charge >= 0.3 is 6.18 Å². The number of hydrogen-bond donors (Lipinski definition) is 1. The monoisotopic (exact) mass is 394 g/mol. The van der Waals surface area contributed by atoms with Gasteiger partial charge in [-0.05, 0) is 49.6 Å². The Labute approximate surface area is 160 Å². The van der Waals surface area contributed by atoms with Crippen LogP contribution >= 0.6 is 0 Å². The number of benzene rings is 1. The van der Waals surface area contributed by atoms with Crippen LogP contribution < -0.4 is 5.32 Å². The predicted molar refractivity (Wildman–Crippen MR) is 95.3 cm³/mol. The zero-order chi connectivity index (χ0) is 20.3. The summed E-state index contributed by atoms with van der Waals surface area (Å²) in [6.07, 6.45) is -1.74. The molecule has 0 aliphatic carbocycles. The van der Waals surface area contributed by atoms with Crippen molar-refractivity contribution in [1.82, 2.24) is 10.2 Å². The molecule has 150 valence electrons. The molecule has 2 unspecified atom stereocenters. The van der Waals surface area contributed by atoms with Gasteiger partial charge in [-0.15, -0.1) is 0 Å². The molecule has 0 bridgehead atoms.